The molecular formula is C21H19N5O3S3. The van der Waals surface area contributed by atoms with Crippen molar-refractivity contribution in [1.29, 1.82) is 0 Å². The van der Waals surface area contributed by atoms with Gasteiger partial charge in [-0.05, 0) is 24.3 Å². The second-order valence-electron chi connectivity index (χ2n) is 6.45. The molecule has 0 radical (unpaired) electrons. The van der Waals surface area contributed by atoms with Crippen molar-refractivity contribution in [1.82, 2.24) is 25.1 Å². The summed E-state index contributed by atoms with van der Waals surface area (Å²) in [5, 5.41) is 11.8. The van der Waals surface area contributed by atoms with Gasteiger partial charge in [0.25, 0.3) is 0 Å². The first-order valence-corrected chi connectivity index (χ1v) is 12.4. The van der Waals surface area contributed by atoms with Gasteiger partial charge in [-0.3, -0.25) is 14.2 Å². The summed E-state index contributed by atoms with van der Waals surface area (Å²) in [5.41, 5.74) is 1.90. The fraction of sp³-hybridized carbons (Fsp3) is 0.190. The van der Waals surface area contributed by atoms with Gasteiger partial charge in [0, 0.05) is 5.69 Å². The maximum Gasteiger partial charge on any atom is 0.325 e. The molecule has 0 atom stereocenters. The van der Waals surface area contributed by atoms with Crippen LogP contribution in [0.25, 0.3) is 15.9 Å². The van der Waals surface area contributed by atoms with Gasteiger partial charge in [-0.25, -0.2) is 4.98 Å². The molecule has 0 aliphatic heterocycles. The Morgan fingerprint density at radius 3 is 2.62 bits per heavy atom. The molecule has 1 N–H and O–H groups in total. The fourth-order valence-corrected chi connectivity index (χ4v) is 5.57. The fourth-order valence-electron chi connectivity index (χ4n) is 2.79. The highest BCUT2D eigenvalue weighted by Crippen LogP contribution is 2.32. The molecule has 0 bridgehead atoms. The topological polar surface area (TPSA) is 99.0 Å². The third-order valence-electron chi connectivity index (χ3n) is 4.30. The maximum atomic E-state index is 12.1. The molecule has 4 rings (SSSR count). The molecule has 1 amide bonds. The van der Waals surface area contributed by atoms with Crippen molar-refractivity contribution in [3.63, 3.8) is 0 Å². The Labute approximate surface area is 196 Å². The Hall–Kier alpha value is -2.89. The number of hydrogen-bond donors (Lipinski definition) is 1. The van der Waals surface area contributed by atoms with Crippen LogP contribution in [0.1, 0.15) is 5.82 Å². The summed E-state index contributed by atoms with van der Waals surface area (Å²) in [6.07, 6.45) is 0. The minimum atomic E-state index is -0.495. The molecule has 0 aliphatic carbocycles. The van der Waals surface area contributed by atoms with Crippen molar-refractivity contribution in [2.45, 2.75) is 15.2 Å². The van der Waals surface area contributed by atoms with Gasteiger partial charge < -0.3 is 10.1 Å². The van der Waals surface area contributed by atoms with Gasteiger partial charge in [0.1, 0.15) is 12.4 Å². The largest absolute Gasteiger partial charge is 0.468 e. The number of esters is 1. The molecule has 0 aliphatic rings. The maximum absolute atomic E-state index is 12.1. The number of fused-ring (bicyclic) bond motifs is 1. The predicted octanol–water partition coefficient (Wildman–Crippen LogP) is 3.55. The van der Waals surface area contributed by atoms with Gasteiger partial charge >= 0.3 is 5.97 Å². The van der Waals surface area contributed by atoms with Crippen LogP contribution in [-0.4, -0.2) is 51.0 Å². The van der Waals surface area contributed by atoms with Crippen molar-refractivity contribution >= 4 is 57.0 Å². The molecule has 0 saturated heterocycles. The van der Waals surface area contributed by atoms with E-state index in [9.17, 15) is 9.59 Å². The lowest BCUT2D eigenvalue weighted by Crippen LogP contribution is -2.31. The average molecular weight is 486 g/mol. The molecule has 164 valence electrons. The van der Waals surface area contributed by atoms with Gasteiger partial charge in [0.2, 0.25) is 5.91 Å². The number of rotatable bonds is 9. The Morgan fingerprint density at radius 1 is 1.06 bits per heavy atom. The monoisotopic (exact) mass is 485 g/mol. The number of carbonyl (C=O) groups is 2. The van der Waals surface area contributed by atoms with Crippen LogP contribution in [0.3, 0.4) is 0 Å². The smallest absolute Gasteiger partial charge is 0.325 e. The molecule has 2 heterocycles. The molecule has 0 saturated carbocycles. The zero-order valence-corrected chi connectivity index (χ0v) is 19.5. The van der Waals surface area contributed by atoms with Gasteiger partial charge in [-0.15, -0.1) is 21.5 Å². The first-order valence-electron chi connectivity index (χ1n) is 9.58. The van der Waals surface area contributed by atoms with Crippen molar-refractivity contribution in [3.05, 3.63) is 60.4 Å². The first-order chi connectivity index (χ1) is 15.6. The lowest BCUT2D eigenvalue weighted by Gasteiger charge is -2.09. The molecule has 11 heteroatoms. The Bertz CT molecular complexity index is 1190. The summed E-state index contributed by atoms with van der Waals surface area (Å²) in [4.78, 5) is 27.9. The highest BCUT2D eigenvalue weighted by Gasteiger charge is 2.17. The zero-order chi connectivity index (χ0) is 22.3. The first kappa shape index (κ1) is 22.3. The van der Waals surface area contributed by atoms with Gasteiger partial charge in [0.05, 0.1) is 28.8 Å². The second-order valence-corrected chi connectivity index (χ2v) is 9.64. The van der Waals surface area contributed by atoms with Gasteiger partial charge in [-0.1, -0.05) is 53.9 Å². The van der Waals surface area contributed by atoms with E-state index in [4.69, 9.17) is 0 Å². The Balaban J connectivity index is 1.49. The number of thioether (sulfide) groups is 2. The predicted molar refractivity (Wildman–Crippen MR) is 126 cm³/mol. The second kappa shape index (κ2) is 10.6. The van der Waals surface area contributed by atoms with Gasteiger partial charge in [0.15, 0.2) is 9.50 Å². The molecule has 0 unspecified atom stereocenters. The van der Waals surface area contributed by atoms with Crippen molar-refractivity contribution in [3.8, 4) is 5.69 Å². The number of amides is 1. The summed E-state index contributed by atoms with van der Waals surface area (Å²) in [5.74, 6) is 0.667. The number of ether oxygens (including phenoxy) is 1. The van der Waals surface area contributed by atoms with Crippen LogP contribution in [0.2, 0.25) is 0 Å². The molecule has 0 fully saturated rings. The van der Waals surface area contributed by atoms with E-state index in [-0.39, 0.29) is 18.2 Å². The van der Waals surface area contributed by atoms with Gasteiger partial charge in [-0.2, -0.15) is 0 Å². The minimum Gasteiger partial charge on any atom is -0.468 e. The summed E-state index contributed by atoms with van der Waals surface area (Å²) in [7, 11) is 1.28. The quantitative estimate of drug-likeness (QED) is 0.284. The normalized spacial score (nSPS) is 10.9. The van der Waals surface area contributed by atoms with E-state index < -0.39 is 5.97 Å². The lowest BCUT2D eigenvalue weighted by atomic mass is 10.3. The highest BCUT2D eigenvalue weighted by atomic mass is 32.2. The summed E-state index contributed by atoms with van der Waals surface area (Å²) in [6, 6.07) is 17.8. The van der Waals surface area contributed by atoms with Crippen LogP contribution in [0.5, 0.6) is 0 Å². The number of carbonyl (C=O) groups excluding carboxylic acids is 2. The van der Waals surface area contributed by atoms with E-state index in [2.05, 4.69) is 31.3 Å². The van der Waals surface area contributed by atoms with Crippen LogP contribution >= 0.6 is 34.9 Å². The van der Waals surface area contributed by atoms with Crippen molar-refractivity contribution < 1.29 is 14.3 Å². The lowest BCUT2D eigenvalue weighted by molar-refractivity contribution is -0.140. The number of thiazole rings is 1. The molecular weight excluding hydrogens is 466 g/mol. The van der Waals surface area contributed by atoms with E-state index in [1.54, 1.807) is 23.1 Å². The standard InChI is InChI=1S/C21H19N5O3S3/c1-29-19(28)11-22-18(27)13-30-20-25-24-17(26(20)14-7-3-2-4-8-14)12-31-21-23-15-9-5-6-10-16(15)32-21/h2-10H,11-13H2,1H3,(H,22,27). The Kier molecular flexibility index (Phi) is 7.40. The number of nitrogens with zero attached hydrogens (tertiary/aromatic N) is 4. The molecule has 0 spiro atoms. The number of hydrogen-bond acceptors (Lipinski definition) is 9. The van der Waals surface area contributed by atoms with Crippen LogP contribution in [-0.2, 0) is 20.1 Å². The van der Waals surface area contributed by atoms with Crippen molar-refractivity contribution in [2.75, 3.05) is 19.4 Å². The van der Waals surface area contributed by atoms with E-state index in [1.807, 2.05) is 53.1 Å². The van der Waals surface area contributed by atoms with Crippen LogP contribution in [0, 0.1) is 0 Å². The molecule has 32 heavy (non-hydrogen) atoms. The van der Waals surface area contributed by atoms with Crippen LogP contribution in [0.15, 0.2) is 64.1 Å². The minimum absolute atomic E-state index is 0.104. The third-order valence-corrected chi connectivity index (χ3v) is 7.41. The van der Waals surface area contributed by atoms with Crippen LogP contribution in [0.4, 0.5) is 0 Å². The summed E-state index contributed by atoms with van der Waals surface area (Å²) in [6.45, 7) is -0.161. The zero-order valence-electron chi connectivity index (χ0n) is 17.1. The summed E-state index contributed by atoms with van der Waals surface area (Å²) >= 11 is 4.51. The number of nitrogens with one attached hydrogen (secondary N) is 1. The van der Waals surface area contributed by atoms with Crippen LogP contribution < -0.4 is 5.32 Å². The number of benzene rings is 2. The third kappa shape index (κ3) is 5.47. The number of methoxy groups -OCH3 is 1. The molecule has 2 aromatic carbocycles. The van der Waals surface area contributed by atoms with E-state index in [0.717, 1.165) is 26.1 Å². The van der Waals surface area contributed by atoms with E-state index in [0.29, 0.717) is 10.9 Å². The van der Waals surface area contributed by atoms with Crippen molar-refractivity contribution in [2.24, 2.45) is 0 Å². The van der Waals surface area contributed by atoms with E-state index in [1.165, 1.54) is 18.9 Å². The SMILES string of the molecule is COC(=O)CNC(=O)CSc1nnc(CSc2nc3ccccc3s2)n1-c1ccccc1. The Morgan fingerprint density at radius 2 is 1.84 bits per heavy atom. The average Bonchev–Trinajstić information content (AvgIpc) is 3.43. The highest BCUT2D eigenvalue weighted by molar-refractivity contribution is 8.00. The molecule has 4 aromatic rings. The molecule has 2 aromatic heterocycles. The number of aromatic nitrogens is 4. The van der Waals surface area contributed by atoms with E-state index >= 15 is 0 Å². The number of para-hydroxylation sites is 2. The summed E-state index contributed by atoms with van der Waals surface area (Å²) < 4.78 is 8.59. The molecule has 8 nitrogen and oxygen atoms in total.